The smallest absolute Gasteiger partial charge is 0.335 e. The molecule has 0 radical (unpaired) electrons. The summed E-state index contributed by atoms with van der Waals surface area (Å²) in [5.74, 6) is -1.15. The second kappa shape index (κ2) is 6.10. The molecule has 1 aliphatic heterocycles. The van der Waals surface area contributed by atoms with Crippen molar-refractivity contribution in [1.29, 1.82) is 0 Å². The lowest BCUT2D eigenvalue weighted by Crippen LogP contribution is -2.28. The molecule has 7 heteroatoms. The molecule has 2 aromatic rings. The summed E-state index contributed by atoms with van der Waals surface area (Å²) >= 11 is 0. The van der Waals surface area contributed by atoms with Crippen LogP contribution >= 0.6 is 0 Å². The third kappa shape index (κ3) is 3.11. The molecule has 0 atom stereocenters. The number of aromatic carboxylic acids is 1. The van der Waals surface area contributed by atoms with Gasteiger partial charge in [0.15, 0.2) is 0 Å². The normalized spacial score (nSPS) is 15.7. The number of nitrogens with zero attached hydrogens (tertiary/aromatic N) is 2. The van der Waals surface area contributed by atoms with Crippen LogP contribution in [0, 0.1) is 0 Å². The van der Waals surface area contributed by atoms with Crippen molar-refractivity contribution in [2.24, 2.45) is 0 Å². The fraction of sp³-hybridized carbons (Fsp3) is 0.250. The molecule has 3 rings (SSSR count). The van der Waals surface area contributed by atoms with Crippen LogP contribution in [0.3, 0.4) is 0 Å². The van der Waals surface area contributed by atoms with Crippen molar-refractivity contribution < 1.29 is 18.3 Å². The fourth-order valence-electron chi connectivity index (χ4n) is 2.66. The lowest BCUT2D eigenvalue weighted by atomic mass is 10.0. The van der Waals surface area contributed by atoms with E-state index in [1.807, 2.05) is 0 Å². The Labute approximate surface area is 134 Å². The highest BCUT2D eigenvalue weighted by molar-refractivity contribution is 7.89. The molecule has 2 heterocycles. The highest BCUT2D eigenvalue weighted by Crippen LogP contribution is 2.27. The first-order chi connectivity index (χ1) is 11.0. The van der Waals surface area contributed by atoms with Gasteiger partial charge in [-0.3, -0.25) is 4.98 Å². The molecule has 1 fully saturated rings. The van der Waals surface area contributed by atoms with Crippen molar-refractivity contribution >= 4 is 16.0 Å². The van der Waals surface area contributed by atoms with Crippen LogP contribution in [-0.4, -0.2) is 41.9 Å². The zero-order valence-corrected chi connectivity index (χ0v) is 13.2. The van der Waals surface area contributed by atoms with Crippen molar-refractivity contribution in [2.75, 3.05) is 13.1 Å². The summed E-state index contributed by atoms with van der Waals surface area (Å²) in [6.07, 6.45) is 4.82. The Morgan fingerprint density at radius 2 is 1.70 bits per heavy atom. The highest BCUT2D eigenvalue weighted by atomic mass is 32.2. The van der Waals surface area contributed by atoms with Gasteiger partial charge in [0.2, 0.25) is 10.0 Å². The minimum absolute atomic E-state index is 0.0195. The van der Waals surface area contributed by atoms with Crippen molar-refractivity contribution in [3.05, 3.63) is 48.3 Å². The van der Waals surface area contributed by atoms with E-state index in [2.05, 4.69) is 4.98 Å². The van der Waals surface area contributed by atoms with Gasteiger partial charge in [0.1, 0.15) is 0 Å². The average Bonchev–Trinajstić information content (AvgIpc) is 3.10. The molecular formula is C16H16N2O4S. The van der Waals surface area contributed by atoms with Crippen LogP contribution in [0.2, 0.25) is 0 Å². The van der Waals surface area contributed by atoms with Gasteiger partial charge in [-0.1, -0.05) is 0 Å². The van der Waals surface area contributed by atoms with Crippen LogP contribution in [-0.2, 0) is 10.0 Å². The van der Waals surface area contributed by atoms with E-state index in [0.717, 1.165) is 18.4 Å². The zero-order valence-electron chi connectivity index (χ0n) is 12.3. The summed E-state index contributed by atoms with van der Waals surface area (Å²) in [7, 11) is -3.67. The Morgan fingerprint density at radius 1 is 1.04 bits per heavy atom. The SMILES string of the molecule is O=C(O)c1cc(-c2ccncc2)cc(S(=O)(=O)N2CCCC2)c1. The van der Waals surface area contributed by atoms with Crippen LogP contribution in [0.1, 0.15) is 23.2 Å². The summed E-state index contributed by atoms with van der Waals surface area (Å²) < 4.78 is 26.8. The summed E-state index contributed by atoms with van der Waals surface area (Å²) in [4.78, 5) is 15.3. The molecule has 0 bridgehead atoms. The molecule has 0 unspecified atom stereocenters. The largest absolute Gasteiger partial charge is 0.478 e. The second-order valence-corrected chi connectivity index (χ2v) is 7.34. The van der Waals surface area contributed by atoms with Crippen LogP contribution in [0.5, 0.6) is 0 Å². The van der Waals surface area contributed by atoms with Gasteiger partial charge in [-0.2, -0.15) is 4.31 Å². The monoisotopic (exact) mass is 332 g/mol. The fourth-order valence-corrected chi connectivity index (χ4v) is 4.25. The second-order valence-electron chi connectivity index (χ2n) is 5.40. The number of benzene rings is 1. The summed E-state index contributed by atoms with van der Waals surface area (Å²) in [5, 5.41) is 9.29. The number of carboxylic acid groups (broad SMARTS) is 1. The third-order valence-electron chi connectivity index (χ3n) is 3.87. The van der Waals surface area contributed by atoms with Gasteiger partial charge >= 0.3 is 5.97 Å². The van der Waals surface area contributed by atoms with Gasteiger partial charge in [0.05, 0.1) is 10.5 Å². The predicted octanol–water partition coefficient (Wildman–Crippen LogP) is 2.23. The molecule has 1 aromatic heterocycles. The molecule has 1 N–H and O–H groups in total. The molecule has 1 aliphatic rings. The Bertz CT molecular complexity index is 828. The van der Waals surface area contributed by atoms with Crippen LogP contribution in [0.15, 0.2) is 47.6 Å². The molecular weight excluding hydrogens is 316 g/mol. The van der Waals surface area contributed by atoms with Crippen LogP contribution < -0.4 is 0 Å². The Kier molecular flexibility index (Phi) is 4.14. The van der Waals surface area contributed by atoms with Gasteiger partial charge in [0, 0.05) is 25.5 Å². The maximum atomic E-state index is 12.7. The van der Waals surface area contributed by atoms with Gasteiger partial charge in [-0.25, -0.2) is 13.2 Å². The molecule has 1 aromatic carbocycles. The quantitative estimate of drug-likeness (QED) is 0.927. The molecule has 6 nitrogen and oxygen atoms in total. The van der Waals surface area contributed by atoms with Crippen molar-refractivity contribution in [2.45, 2.75) is 17.7 Å². The number of rotatable bonds is 4. The first kappa shape index (κ1) is 15.6. The maximum absolute atomic E-state index is 12.7. The number of hydrogen-bond acceptors (Lipinski definition) is 4. The van der Waals surface area contributed by atoms with E-state index in [9.17, 15) is 18.3 Å². The highest BCUT2D eigenvalue weighted by Gasteiger charge is 2.28. The molecule has 0 saturated carbocycles. The van der Waals surface area contributed by atoms with Gasteiger partial charge in [-0.15, -0.1) is 0 Å². The predicted molar refractivity (Wildman–Crippen MR) is 84.6 cm³/mol. The molecule has 0 spiro atoms. The Balaban J connectivity index is 2.13. The zero-order chi connectivity index (χ0) is 16.4. The van der Waals surface area contributed by atoms with E-state index in [0.29, 0.717) is 18.7 Å². The van der Waals surface area contributed by atoms with Gasteiger partial charge in [0.25, 0.3) is 0 Å². The number of carbonyl (C=O) groups is 1. The van der Waals surface area contributed by atoms with Crippen molar-refractivity contribution in [3.63, 3.8) is 0 Å². The topological polar surface area (TPSA) is 87.6 Å². The van der Waals surface area contributed by atoms with E-state index in [-0.39, 0.29) is 10.5 Å². The Morgan fingerprint density at radius 3 is 2.30 bits per heavy atom. The minimum Gasteiger partial charge on any atom is -0.478 e. The van der Waals surface area contributed by atoms with E-state index in [4.69, 9.17) is 0 Å². The number of carboxylic acids is 1. The van der Waals surface area contributed by atoms with Gasteiger partial charge < -0.3 is 5.11 Å². The van der Waals surface area contributed by atoms with Crippen molar-refractivity contribution in [1.82, 2.24) is 9.29 Å². The first-order valence-corrected chi connectivity index (χ1v) is 8.71. The van der Waals surface area contributed by atoms with Crippen molar-refractivity contribution in [3.8, 4) is 11.1 Å². The molecule has 120 valence electrons. The number of aromatic nitrogens is 1. The van der Waals surface area contributed by atoms with E-state index in [1.165, 1.54) is 22.5 Å². The third-order valence-corrected chi connectivity index (χ3v) is 5.75. The standard InChI is InChI=1S/C16H16N2O4S/c19-16(20)14-9-13(12-3-5-17-6-4-12)10-15(11-14)23(21,22)18-7-1-2-8-18/h3-6,9-11H,1-2,7-8H2,(H,19,20). The number of pyridine rings is 1. The lowest BCUT2D eigenvalue weighted by Gasteiger charge is -2.16. The van der Waals surface area contributed by atoms with Gasteiger partial charge in [-0.05, 0) is 54.3 Å². The number of hydrogen-bond donors (Lipinski definition) is 1. The molecule has 23 heavy (non-hydrogen) atoms. The van der Waals surface area contributed by atoms with Crippen LogP contribution in [0.25, 0.3) is 11.1 Å². The van der Waals surface area contributed by atoms with Crippen LogP contribution in [0.4, 0.5) is 0 Å². The van der Waals surface area contributed by atoms with E-state index >= 15 is 0 Å². The molecule has 0 aliphatic carbocycles. The molecule has 0 amide bonds. The Hall–Kier alpha value is -2.25. The lowest BCUT2D eigenvalue weighted by molar-refractivity contribution is 0.0696. The summed E-state index contributed by atoms with van der Waals surface area (Å²) in [5.41, 5.74) is 1.23. The first-order valence-electron chi connectivity index (χ1n) is 7.27. The van der Waals surface area contributed by atoms with E-state index < -0.39 is 16.0 Å². The summed E-state index contributed by atoms with van der Waals surface area (Å²) in [6.45, 7) is 0.953. The molecule has 1 saturated heterocycles. The number of sulfonamides is 1. The van der Waals surface area contributed by atoms with E-state index in [1.54, 1.807) is 24.5 Å². The average molecular weight is 332 g/mol. The maximum Gasteiger partial charge on any atom is 0.335 e. The summed E-state index contributed by atoms with van der Waals surface area (Å²) in [6, 6.07) is 7.65. The minimum atomic E-state index is -3.67.